The van der Waals surface area contributed by atoms with Crippen LogP contribution in [-0.4, -0.2) is 36.8 Å². The van der Waals surface area contributed by atoms with Crippen LogP contribution in [0.2, 0.25) is 0 Å². The molecule has 7 nitrogen and oxygen atoms in total. The Balaban J connectivity index is 1.17. The molecule has 1 amide bonds. The number of hydrogen-bond acceptors (Lipinski definition) is 6. The summed E-state index contributed by atoms with van der Waals surface area (Å²) in [5, 5.41) is 2.70. The molecule has 0 aliphatic heterocycles. The predicted molar refractivity (Wildman–Crippen MR) is 145 cm³/mol. The minimum atomic E-state index is -0.917. The first-order chi connectivity index (χ1) is 18.7. The SMILES string of the molecule is COC(=O)C(NC(=O)CCC(=O)OC1CCC2C3CCC4=CC(=O)CC[C@]4(C)C3CC[C@]12C)c1ccccc1. The summed E-state index contributed by atoms with van der Waals surface area (Å²) in [4.78, 5) is 49.9. The molecule has 0 bridgehead atoms. The Kier molecular flexibility index (Phi) is 7.71. The lowest BCUT2D eigenvalue weighted by molar-refractivity contribution is -0.160. The van der Waals surface area contributed by atoms with Crippen LogP contribution in [0.25, 0.3) is 0 Å². The molecule has 3 fully saturated rings. The number of carbonyl (C=O) groups excluding carboxylic acids is 4. The summed E-state index contributed by atoms with van der Waals surface area (Å²) < 4.78 is 10.9. The minimum absolute atomic E-state index is 0.0297. The molecule has 39 heavy (non-hydrogen) atoms. The van der Waals surface area contributed by atoms with Gasteiger partial charge in [-0.1, -0.05) is 49.8 Å². The number of ketones is 1. The smallest absolute Gasteiger partial charge is 0.333 e. The molecule has 0 aromatic heterocycles. The predicted octanol–water partition coefficient (Wildman–Crippen LogP) is 5.24. The summed E-state index contributed by atoms with van der Waals surface area (Å²) in [6.45, 7) is 4.68. The van der Waals surface area contributed by atoms with Crippen molar-refractivity contribution in [3.05, 3.63) is 47.5 Å². The van der Waals surface area contributed by atoms with E-state index in [1.165, 1.54) is 12.7 Å². The van der Waals surface area contributed by atoms with Gasteiger partial charge in [0.25, 0.3) is 0 Å². The van der Waals surface area contributed by atoms with Crippen LogP contribution >= 0.6 is 0 Å². The van der Waals surface area contributed by atoms with E-state index in [9.17, 15) is 19.2 Å². The van der Waals surface area contributed by atoms with Crippen LogP contribution in [0.5, 0.6) is 0 Å². The number of fused-ring (bicyclic) bond motifs is 5. The first-order valence-corrected chi connectivity index (χ1v) is 14.5. The molecule has 4 aliphatic carbocycles. The number of allylic oxidation sites excluding steroid dienone is 1. The van der Waals surface area contributed by atoms with E-state index < -0.39 is 17.9 Å². The minimum Gasteiger partial charge on any atom is -0.467 e. The van der Waals surface area contributed by atoms with Crippen molar-refractivity contribution in [3.63, 3.8) is 0 Å². The molecule has 1 aromatic carbocycles. The molecule has 5 unspecified atom stereocenters. The number of carbonyl (C=O) groups is 4. The van der Waals surface area contributed by atoms with Gasteiger partial charge >= 0.3 is 11.9 Å². The number of hydrogen-bond donors (Lipinski definition) is 1. The zero-order valence-corrected chi connectivity index (χ0v) is 23.4. The number of amides is 1. The van der Waals surface area contributed by atoms with Gasteiger partial charge in [-0.25, -0.2) is 4.79 Å². The summed E-state index contributed by atoms with van der Waals surface area (Å²) in [5.41, 5.74) is 2.07. The summed E-state index contributed by atoms with van der Waals surface area (Å²) in [6, 6.07) is 7.99. The van der Waals surface area contributed by atoms with Crippen molar-refractivity contribution < 1.29 is 28.7 Å². The fourth-order valence-electron chi connectivity index (χ4n) is 8.41. The van der Waals surface area contributed by atoms with Crippen LogP contribution in [0.15, 0.2) is 42.0 Å². The highest BCUT2D eigenvalue weighted by atomic mass is 16.5. The van der Waals surface area contributed by atoms with Crippen LogP contribution in [-0.2, 0) is 28.7 Å². The lowest BCUT2D eigenvalue weighted by atomic mass is 9.47. The summed E-state index contributed by atoms with van der Waals surface area (Å²) in [7, 11) is 1.28. The van der Waals surface area contributed by atoms with Gasteiger partial charge in [-0.3, -0.25) is 14.4 Å². The van der Waals surface area contributed by atoms with Gasteiger partial charge < -0.3 is 14.8 Å². The van der Waals surface area contributed by atoms with Gasteiger partial charge in [-0.2, -0.15) is 0 Å². The largest absolute Gasteiger partial charge is 0.467 e. The molecule has 0 radical (unpaired) electrons. The summed E-state index contributed by atoms with van der Waals surface area (Å²) in [5.74, 6) is 0.671. The summed E-state index contributed by atoms with van der Waals surface area (Å²) >= 11 is 0. The van der Waals surface area contributed by atoms with Crippen LogP contribution in [0.4, 0.5) is 0 Å². The van der Waals surface area contributed by atoms with E-state index in [1.54, 1.807) is 24.3 Å². The highest BCUT2D eigenvalue weighted by Crippen LogP contribution is 2.65. The Morgan fingerprint density at radius 2 is 1.74 bits per heavy atom. The first-order valence-electron chi connectivity index (χ1n) is 14.5. The normalized spacial score (nSPS) is 34.0. The van der Waals surface area contributed by atoms with Gasteiger partial charge in [0.1, 0.15) is 6.10 Å². The summed E-state index contributed by atoms with van der Waals surface area (Å²) in [6.07, 6.45) is 9.50. The fraction of sp³-hybridized carbons (Fsp3) is 0.625. The van der Waals surface area contributed by atoms with E-state index in [0.717, 1.165) is 44.9 Å². The van der Waals surface area contributed by atoms with Gasteiger partial charge in [0.2, 0.25) is 5.91 Å². The molecule has 0 spiro atoms. The van der Waals surface area contributed by atoms with E-state index in [1.807, 2.05) is 12.1 Å². The van der Waals surface area contributed by atoms with Crippen LogP contribution in [0, 0.1) is 28.6 Å². The Labute approximate surface area is 231 Å². The average Bonchev–Trinajstić information content (AvgIpc) is 3.26. The maximum atomic E-state index is 12.9. The van der Waals surface area contributed by atoms with Crippen molar-refractivity contribution in [2.24, 2.45) is 28.6 Å². The Morgan fingerprint density at radius 1 is 0.974 bits per heavy atom. The van der Waals surface area contributed by atoms with E-state index in [2.05, 4.69) is 19.2 Å². The van der Waals surface area contributed by atoms with E-state index in [4.69, 9.17) is 9.47 Å². The van der Waals surface area contributed by atoms with Crippen LogP contribution < -0.4 is 5.32 Å². The van der Waals surface area contributed by atoms with Crippen molar-refractivity contribution >= 4 is 23.6 Å². The number of nitrogens with one attached hydrogen (secondary N) is 1. The molecule has 1 aromatic rings. The zero-order valence-electron chi connectivity index (χ0n) is 23.4. The maximum Gasteiger partial charge on any atom is 0.333 e. The molecular formula is C32H41NO6. The van der Waals surface area contributed by atoms with Crippen molar-refractivity contribution in [1.82, 2.24) is 5.32 Å². The van der Waals surface area contributed by atoms with Crippen molar-refractivity contribution in [2.75, 3.05) is 7.11 Å². The van der Waals surface area contributed by atoms with Crippen LogP contribution in [0.3, 0.4) is 0 Å². The second-order valence-corrected chi connectivity index (χ2v) is 12.5. The average molecular weight is 536 g/mol. The molecule has 5 rings (SSSR count). The number of esters is 2. The van der Waals surface area contributed by atoms with E-state index in [-0.39, 0.29) is 41.5 Å². The fourth-order valence-corrected chi connectivity index (χ4v) is 8.41. The highest BCUT2D eigenvalue weighted by molar-refractivity contribution is 5.91. The molecular weight excluding hydrogens is 494 g/mol. The van der Waals surface area contributed by atoms with E-state index in [0.29, 0.717) is 29.7 Å². The molecule has 7 heteroatoms. The third-order valence-corrected chi connectivity index (χ3v) is 10.6. The number of methoxy groups -OCH3 is 1. The van der Waals surface area contributed by atoms with Gasteiger partial charge in [-0.05, 0) is 79.8 Å². The highest BCUT2D eigenvalue weighted by Gasteiger charge is 2.60. The Morgan fingerprint density at radius 3 is 2.49 bits per heavy atom. The third-order valence-electron chi connectivity index (χ3n) is 10.6. The molecule has 4 aliphatic rings. The first kappa shape index (κ1) is 27.6. The lowest BCUT2D eigenvalue weighted by Gasteiger charge is -2.57. The van der Waals surface area contributed by atoms with Gasteiger partial charge in [0, 0.05) is 18.3 Å². The molecule has 0 heterocycles. The van der Waals surface area contributed by atoms with Crippen molar-refractivity contribution in [1.29, 1.82) is 0 Å². The molecule has 0 saturated heterocycles. The van der Waals surface area contributed by atoms with Gasteiger partial charge in [0.05, 0.1) is 13.5 Å². The zero-order chi connectivity index (χ0) is 27.8. The van der Waals surface area contributed by atoms with E-state index >= 15 is 0 Å². The monoisotopic (exact) mass is 535 g/mol. The number of benzene rings is 1. The van der Waals surface area contributed by atoms with Crippen LogP contribution in [0.1, 0.15) is 89.7 Å². The molecule has 210 valence electrons. The lowest BCUT2D eigenvalue weighted by Crippen LogP contribution is -2.51. The Hall–Kier alpha value is -2.96. The van der Waals surface area contributed by atoms with Crippen molar-refractivity contribution in [3.8, 4) is 0 Å². The number of rotatable bonds is 7. The van der Waals surface area contributed by atoms with Crippen molar-refractivity contribution in [2.45, 2.75) is 90.2 Å². The Bertz CT molecular complexity index is 1160. The molecule has 7 atom stereocenters. The van der Waals surface area contributed by atoms with Gasteiger partial charge in [-0.15, -0.1) is 0 Å². The van der Waals surface area contributed by atoms with Gasteiger partial charge in [0.15, 0.2) is 11.8 Å². The third kappa shape index (κ3) is 5.17. The molecule has 3 saturated carbocycles. The second-order valence-electron chi connectivity index (χ2n) is 12.5. The number of ether oxygens (including phenoxy) is 2. The standard InChI is InChI=1S/C32H41NO6/c1-31-17-15-22(34)19-21(31)9-10-23-24-11-12-26(32(24,2)18-16-25(23)31)39-28(36)14-13-27(35)33-29(30(37)38-3)20-7-5-4-6-8-20/h4-8,19,23-26,29H,9-18H2,1-3H3,(H,33,35)/t23?,24?,25?,26?,29?,31-,32-/m0/s1. The quantitative estimate of drug-likeness (QED) is 0.480. The molecule has 1 N–H and O–H groups in total. The maximum absolute atomic E-state index is 12.9. The second kappa shape index (κ2) is 10.9. The topological polar surface area (TPSA) is 98.8 Å².